The zero-order chi connectivity index (χ0) is 24.8. The molecule has 0 saturated heterocycles. The van der Waals surface area contributed by atoms with Crippen LogP contribution in [0, 0.1) is 11.9 Å². The van der Waals surface area contributed by atoms with E-state index in [-0.39, 0.29) is 37.5 Å². The van der Waals surface area contributed by atoms with Crippen LogP contribution < -0.4 is 0 Å². The summed E-state index contributed by atoms with van der Waals surface area (Å²) in [4.78, 5) is 16.9. The van der Waals surface area contributed by atoms with E-state index in [1.807, 2.05) is 30.3 Å². The van der Waals surface area contributed by atoms with Gasteiger partial charge in [-0.15, -0.1) is 46.7 Å². The molecule has 0 fully saturated rings. The summed E-state index contributed by atoms with van der Waals surface area (Å²) in [5.74, 6) is -0.286. The van der Waals surface area contributed by atoms with Crippen LogP contribution >= 0.6 is 11.3 Å². The summed E-state index contributed by atoms with van der Waals surface area (Å²) in [6.07, 6.45) is 1.17. The number of carbonyl (C=O) groups excluding carboxylic acids is 1. The Balaban J connectivity index is 0.000000400. The Labute approximate surface area is 227 Å². The van der Waals surface area contributed by atoms with Crippen LogP contribution in [0.1, 0.15) is 13.8 Å². The molecule has 0 spiro atoms. The maximum absolute atomic E-state index is 13.2. The second-order valence-electron chi connectivity index (χ2n) is 7.96. The molecule has 36 heavy (non-hydrogen) atoms. The number of thiophene rings is 1. The van der Waals surface area contributed by atoms with Crippen molar-refractivity contribution in [3.8, 4) is 32.8 Å². The monoisotopic (exact) mass is 673 g/mol. The summed E-state index contributed by atoms with van der Waals surface area (Å²) in [6.45, 7) is 2.85. The Morgan fingerprint density at radius 2 is 1.64 bits per heavy atom. The first kappa shape index (κ1) is 27.2. The maximum Gasteiger partial charge on any atom is 0.155 e. The van der Waals surface area contributed by atoms with Crippen LogP contribution in [0.2, 0.25) is 0 Å². The smallest absolute Gasteiger partial charge is 0.155 e. The molecule has 5 aromatic rings. The quantitative estimate of drug-likeness (QED) is 0.119. The molecule has 1 N–H and O–H groups in total. The Bertz CT molecular complexity index is 1490. The number of pyridine rings is 1. The van der Waals surface area contributed by atoms with E-state index in [1.165, 1.54) is 37.6 Å². The molecule has 2 heterocycles. The second kappa shape index (κ2) is 12.5. The number of hydrogen-bond acceptors (Lipinski definition) is 4. The van der Waals surface area contributed by atoms with Gasteiger partial charge in [0.25, 0.3) is 0 Å². The third-order valence-corrected chi connectivity index (χ3v) is 6.20. The standard InChI is InChI=1S/C25H15FNS.C5H8O2.Ir/c26-22-12-9-18(10-13-22)24-16-21-11-14-23(27-25(21)28-24)20-8-4-7-19(15-20)17-5-2-1-3-6-17;1-4(6)3-5(2)7;/h1-7,9-16H;3,6H,1-2H3;/q-1;;/b;4-3-;. The maximum atomic E-state index is 13.2. The molecule has 0 saturated carbocycles. The number of hydrogen-bond donors (Lipinski definition) is 1. The van der Waals surface area contributed by atoms with Gasteiger partial charge >= 0.3 is 0 Å². The fourth-order valence-corrected chi connectivity index (χ4v) is 4.58. The number of aliphatic hydroxyl groups excluding tert-OH is 1. The molecule has 3 aromatic carbocycles. The van der Waals surface area contributed by atoms with Crippen molar-refractivity contribution in [3.63, 3.8) is 0 Å². The van der Waals surface area contributed by atoms with Gasteiger partial charge in [-0.25, -0.2) is 4.39 Å². The summed E-state index contributed by atoms with van der Waals surface area (Å²) in [5, 5.41) is 9.45. The minimum Gasteiger partial charge on any atom is -0.512 e. The van der Waals surface area contributed by atoms with E-state index in [0.29, 0.717) is 0 Å². The molecule has 0 bridgehead atoms. The van der Waals surface area contributed by atoms with Crippen LogP contribution in [0.5, 0.6) is 0 Å². The molecule has 1 radical (unpaired) electrons. The molecule has 6 heteroatoms. The Morgan fingerprint density at radius 3 is 2.28 bits per heavy atom. The number of carbonyl (C=O) groups is 1. The Morgan fingerprint density at radius 1 is 0.917 bits per heavy atom. The van der Waals surface area contributed by atoms with Gasteiger partial charge in [0, 0.05) is 36.4 Å². The first-order chi connectivity index (χ1) is 16.9. The summed E-state index contributed by atoms with van der Waals surface area (Å²) in [6, 6.07) is 32.5. The van der Waals surface area contributed by atoms with Crippen LogP contribution in [0.3, 0.4) is 0 Å². The number of fused-ring (bicyclic) bond motifs is 1. The van der Waals surface area contributed by atoms with Gasteiger partial charge in [0.05, 0.1) is 5.76 Å². The zero-order valence-electron chi connectivity index (χ0n) is 19.7. The van der Waals surface area contributed by atoms with Crippen molar-refractivity contribution < 1.29 is 34.4 Å². The van der Waals surface area contributed by atoms with Gasteiger partial charge in [-0.2, -0.15) is 0 Å². The van der Waals surface area contributed by atoms with Gasteiger partial charge in [0.2, 0.25) is 0 Å². The summed E-state index contributed by atoms with van der Waals surface area (Å²) < 4.78 is 13.2. The Hall–Kier alpha value is -3.44. The van der Waals surface area contributed by atoms with Gasteiger partial charge in [0.15, 0.2) is 5.78 Å². The molecule has 0 amide bonds. The molecule has 0 aliphatic heterocycles. The number of aliphatic hydroxyl groups is 1. The zero-order valence-corrected chi connectivity index (χ0v) is 22.9. The van der Waals surface area contributed by atoms with E-state index >= 15 is 0 Å². The predicted molar refractivity (Wildman–Crippen MR) is 142 cm³/mol. The number of ketones is 1. The molecule has 183 valence electrons. The summed E-state index contributed by atoms with van der Waals surface area (Å²) in [7, 11) is 0. The molecule has 0 aliphatic carbocycles. The summed E-state index contributed by atoms with van der Waals surface area (Å²) >= 11 is 1.62. The van der Waals surface area contributed by atoms with Gasteiger partial charge < -0.3 is 5.11 Å². The van der Waals surface area contributed by atoms with E-state index < -0.39 is 0 Å². The van der Waals surface area contributed by atoms with Crippen molar-refractivity contribution in [2.45, 2.75) is 13.8 Å². The molecular weight excluding hydrogens is 650 g/mol. The first-order valence-electron chi connectivity index (χ1n) is 11.0. The van der Waals surface area contributed by atoms with Crippen molar-refractivity contribution in [1.82, 2.24) is 4.98 Å². The largest absolute Gasteiger partial charge is 0.512 e. The molecule has 0 atom stereocenters. The number of benzene rings is 3. The third kappa shape index (κ3) is 7.05. The van der Waals surface area contributed by atoms with Crippen LogP contribution in [0.15, 0.2) is 103 Å². The fourth-order valence-electron chi connectivity index (χ4n) is 3.54. The average Bonchev–Trinajstić information content (AvgIpc) is 3.28. The Kier molecular flexibility index (Phi) is 9.43. The van der Waals surface area contributed by atoms with Crippen LogP contribution in [-0.2, 0) is 24.9 Å². The van der Waals surface area contributed by atoms with Crippen molar-refractivity contribution in [3.05, 3.63) is 115 Å². The van der Waals surface area contributed by atoms with Gasteiger partial charge in [0.1, 0.15) is 10.6 Å². The second-order valence-corrected chi connectivity index (χ2v) is 8.99. The molecule has 2 aromatic heterocycles. The number of nitrogens with zero attached hydrogens (tertiary/aromatic N) is 1. The van der Waals surface area contributed by atoms with Crippen LogP contribution in [0.4, 0.5) is 4.39 Å². The summed E-state index contributed by atoms with van der Waals surface area (Å²) in [5.41, 5.74) is 5.20. The SMILES string of the molecule is CC(=O)/C=C(/C)O.Fc1ccc(-c2cc3ccc(-c4[c-]ccc(-c5ccccc5)c4)nc3s2)cc1.[Ir]. The van der Waals surface area contributed by atoms with Crippen molar-refractivity contribution in [2.75, 3.05) is 0 Å². The molecule has 0 aliphatic rings. The van der Waals surface area contributed by atoms with E-state index in [0.717, 1.165) is 37.5 Å². The average molecular weight is 673 g/mol. The minimum atomic E-state index is -0.223. The van der Waals surface area contributed by atoms with Gasteiger partial charge in [-0.05, 0) is 48.9 Å². The molecular formula is C30H23FIrNO2S-. The van der Waals surface area contributed by atoms with Crippen molar-refractivity contribution >= 4 is 27.3 Å². The topological polar surface area (TPSA) is 50.2 Å². The molecule has 0 unspecified atom stereocenters. The van der Waals surface area contributed by atoms with Crippen LogP contribution in [0.25, 0.3) is 43.0 Å². The van der Waals surface area contributed by atoms with Crippen molar-refractivity contribution in [1.29, 1.82) is 0 Å². The number of halogens is 1. The van der Waals surface area contributed by atoms with Gasteiger partial charge in [-0.3, -0.25) is 9.78 Å². The van der Waals surface area contributed by atoms with E-state index in [9.17, 15) is 9.18 Å². The van der Waals surface area contributed by atoms with E-state index in [4.69, 9.17) is 10.1 Å². The first-order valence-corrected chi connectivity index (χ1v) is 11.8. The molecule has 5 rings (SSSR count). The van der Waals surface area contributed by atoms with E-state index in [1.54, 1.807) is 23.5 Å². The normalized spacial score (nSPS) is 10.8. The van der Waals surface area contributed by atoms with Crippen molar-refractivity contribution in [2.24, 2.45) is 0 Å². The van der Waals surface area contributed by atoms with E-state index in [2.05, 4.69) is 42.5 Å². The number of allylic oxidation sites excluding steroid dienone is 2. The fraction of sp³-hybridized carbons (Fsp3) is 0.0667. The van der Waals surface area contributed by atoms with Gasteiger partial charge in [-0.1, -0.05) is 54.6 Å². The minimum absolute atomic E-state index is 0. The number of aromatic nitrogens is 1. The number of rotatable bonds is 4. The molecule has 3 nitrogen and oxygen atoms in total. The third-order valence-electron chi connectivity index (χ3n) is 5.11. The van der Waals surface area contributed by atoms with Crippen LogP contribution in [-0.4, -0.2) is 15.9 Å². The predicted octanol–water partition coefficient (Wildman–Crippen LogP) is 8.27.